The number of carbonyl (C=O) groups excluding carboxylic acids is 1. The third-order valence-corrected chi connectivity index (χ3v) is 7.84. The van der Waals surface area contributed by atoms with Crippen LogP contribution in [0.25, 0.3) is 11.4 Å². The van der Waals surface area contributed by atoms with E-state index in [1.807, 2.05) is 31.2 Å². The Hall–Kier alpha value is -2.56. The van der Waals surface area contributed by atoms with E-state index in [2.05, 4.69) is 36.3 Å². The van der Waals surface area contributed by atoms with Crippen molar-refractivity contribution in [2.24, 2.45) is 5.92 Å². The second-order valence-corrected chi connectivity index (χ2v) is 11.8. The molecule has 2 atom stereocenters. The Labute approximate surface area is 214 Å². The number of aromatic nitrogens is 2. The molecule has 2 unspecified atom stereocenters. The second kappa shape index (κ2) is 11.0. The van der Waals surface area contributed by atoms with E-state index in [9.17, 15) is 13.2 Å². The van der Waals surface area contributed by atoms with Crippen molar-refractivity contribution in [3.05, 3.63) is 64.5 Å². The minimum Gasteiger partial charge on any atom is -0.349 e. The maximum Gasteiger partial charge on any atom is 0.241 e. The van der Waals surface area contributed by atoms with Gasteiger partial charge in [-0.05, 0) is 55.6 Å². The number of rotatable bonds is 8. The summed E-state index contributed by atoms with van der Waals surface area (Å²) >= 11 is 3.46. The summed E-state index contributed by atoms with van der Waals surface area (Å²) < 4.78 is 29.9. The van der Waals surface area contributed by atoms with Gasteiger partial charge in [0.1, 0.15) is 0 Å². The van der Waals surface area contributed by atoms with Crippen LogP contribution in [0.1, 0.15) is 43.7 Å². The van der Waals surface area contributed by atoms with Crippen molar-refractivity contribution in [3.8, 4) is 11.4 Å². The third-order valence-electron chi connectivity index (χ3n) is 6.22. The number of likely N-dealkylation sites (tertiary alicyclic amines) is 1. The number of hydrogen-bond donors (Lipinski definition) is 1. The van der Waals surface area contributed by atoms with Crippen LogP contribution in [0.2, 0.25) is 0 Å². The van der Waals surface area contributed by atoms with Crippen molar-refractivity contribution >= 4 is 31.7 Å². The highest BCUT2D eigenvalue weighted by molar-refractivity contribution is 9.10. The van der Waals surface area contributed by atoms with Crippen molar-refractivity contribution in [1.82, 2.24) is 20.4 Å². The summed E-state index contributed by atoms with van der Waals surface area (Å²) in [6, 6.07) is 14.3. The van der Waals surface area contributed by atoms with Gasteiger partial charge in [-0.15, -0.1) is 0 Å². The van der Waals surface area contributed by atoms with Gasteiger partial charge in [-0.3, -0.25) is 9.69 Å². The summed E-state index contributed by atoms with van der Waals surface area (Å²) in [5.41, 5.74) is 1.77. The lowest BCUT2D eigenvalue weighted by Crippen LogP contribution is -2.43. The number of hydrogen-bond acceptors (Lipinski definition) is 7. The molecule has 1 aromatic heterocycles. The van der Waals surface area contributed by atoms with Crippen LogP contribution in [0.15, 0.2) is 62.4 Å². The number of nitrogens with zero attached hydrogens (tertiary/aromatic N) is 3. The molecule has 1 saturated heterocycles. The van der Waals surface area contributed by atoms with E-state index >= 15 is 0 Å². The van der Waals surface area contributed by atoms with Crippen molar-refractivity contribution < 1.29 is 17.7 Å². The van der Waals surface area contributed by atoms with Gasteiger partial charge in [0.15, 0.2) is 9.84 Å². The van der Waals surface area contributed by atoms with Gasteiger partial charge in [0, 0.05) is 22.8 Å². The molecule has 186 valence electrons. The van der Waals surface area contributed by atoms with Gasteiger partial charge >= 0.3 is 0 Å². The van der Waals surface area contributed by atoms with Crippen molar-refractivity contribution in [2.45, 2.75) is 43.7 Å². The second-order valence-electron chi connectivity index (χ2n) is 8.91. The van der Waals surface area contributed by atoms with Crippen LogP contribution in [0, 0.1) is 5.92 Å². The molecule has 1 aliphatic rings. The van der Waals surface area contributed by atoms with Gasteiger partial charge in [0.05, 0.1) is 23.4 Å². The maximum atomic E-state index is 13.1. The fourth-order valence-electron chi connectivity index (χ4n) is 4.33. The average Bonchev–Trinajstić information content (AvgIpc) is 3.30. The third kappa shape index (κ3) is 6.56. The standard InChI is InChI=1S/C25H29BrN4O4S/c1-3-22(17-9-11-21(12-10-17)35(2,32)33)27-25(31)19-7-5-13-30(15-19)16-23-28-24(29-34-23)18-6-4-8-20(26)14-18/h4,6,8-12,14,19,22H,3,5,7,13,15-16H2,1-2H3,(H,27,31). The van der Waals surface area contributed by atoms with Gasteiger partial charge in [-0.25, -0.2) is 8.42 Å². The van der Waals surface area contributed by atoms with Crippen LogP contribution in [0.5, 0.6) is 0 Å². The highest BCUT2D eigenvalue weighted by Crippen LogP contribution is 2.24. The maximum absolute atomic E-state index is 13.1. The number of carbonyl (C=O) groups is 1. The van der Waals surface area contributed by atoms with Crippen LogP contribution < -0.4 is 5.32 Å². The van der Waals surface area contributed by atoms with Crippen molar-refractivity contribution in [1.29, 1.82) is 0 Å². The molecule has 0 aliphatic carbocycles. The van der Waals surface area contributed by atoms with E-state index in [-0.39, 0.29) is 22.8 Å². The van der Waals surface area contributed by atoms with Gasteiger partial charge in [-0.2, -0.15) is 4.98 Å². The SMILES string of the molecule is CCC(NC(=O)C1CCCN(Cc2nc(-c3cccc(Br)c3)no2)C1)c1ccc(S(C)(=O)=O)cc1. The number of benzene rings is 2. The molecule has 0 bridgehead atoms. The lowest BCUT2D eigenvalue weighted by molar-refractivity contribution is -0.127. The minimum atomic E-state index is -3.25. The van der Waals surface area contributed by atoms with Crippen LogP contribution in [-0.4, -0.2) is 48.7 Å². The normalized spacial score (nSPS) is 17.7. The molecule has 1 aliphatic heterocycles. The Morgan fingerprint density at radius 2 is 2.03 bits per heavy atom. The largest absolute Gasteiger partial charge is 0.349 e. The molecule has 1 amide bonds. The van der Waals surface area contributed by atoms with Crippen LogP contribution in [0.3, 0.4) is 0 Å². The number of halogens is 1. The highest BCUT2D eigenvalue weighted by atomic mass is 79.9. The van der Waals surface area contributed by atoms with Crippen molar-refractivity contribution in [2.75, 3.05) is 19.3 Å². The zero-order chi connectivity index (χ0) is 25.0. The summed E-state index contributed by atoms with van der Waals surface area (Å²) in [4.78, 5) is 20.1. The van der Waals surface area contributed by atoms with Crippen LogP contribution >= 0.6 is 15.9 Å². The molecule has 0 saturated carbocycles. The number of nitrogens with one attached hydrogen (secondary N) is 1. The molecule has 35 heavy (non-hydrogen) atoms. The molecule has 0 radical (unpaired) electrons. The minimum absolute atomic E-state index is 0.00842. The summed E-state index contributed by atoms with van der Waals surface area (Å²) in [5, 5.41) is 7.26. The molecular formula is C25H29BrN4O4S. The summed E-state index contributed by atoms with van der Waals surface area (Å²) in [6.07, 6.45) is 3.62. The van der Waals surface area contributed by atoms with E-state index in [1.165, 1.54) is 6.26 Å². The Balaban J connectivity index is 1.36. The van der Waals surface area contributed by atoms with E-state index in [1.54, 1.807) is 24.3 Å². The molecule has 3 aromatic rings. The highest BCUT2D eigenvalue weighted by Gasteiger charge is 2.28. The molecule has 10 heteroatoms. The van der Waals surface area contributed by atoms with Crippen molar-refractivity contribution in [3.63, 3.8) is 0 Å². The first kappa shape index (κ1) is 25.5. The number of piperidine rings is 1. The summed E-state index contributed by atoms with van der Waals surface area (Å²) in [7, 11) is -3.25. The lowest BCUT2D eigenvalue weighted by Gasteiger charge is -2.32. The molecular weight excluding hydrogens is 532 g/mol. The summed E-state index contributed by atoms with van der Waals surface area (Å²) in [5.74, 6) is 0.938. The first-order valence-corrected chi connectivity index (χ1v) is 14.3. The molecule has 4 rings (SSSR count). The Kier molecular flexibility index (Phi) is 8.03. The van der Waals surface area contributed by atoms with E-state index in [4.69, 9.17) is 4.52 Å². The predicted octanol–water partition coefficient (Wildman–Crippen LogP) is 4.38. The predicted molar refractivity (Wildman–Crippen MR) is 136 cm³/mol. The smallest absolute Gasteiger partial charge is 0.241 e. The van der Waals surface area contributed by atoms with E-state index in [0.29, 0.717) is 31.2 Å². The monoisotopic (exact) mass is 560 g/mol. The zero-order valence-electron chi connectivity index (χ0n) is 19.8. The zero-order valence-corrected chi connectivity index (χ0v) is 22.2. The fraction of sp³-hybridized carbons (Fsp3) is 0.400. The van der Waals surface area contributed by atoms with Crippen LogP contribution in [-0.2, 0) is 21.2 Å². The fourth-order valence-corrected chi connectivity index (χ4v) is 5.36. The molecule has 2 aromatic carbocycles. The van der Waals surface area contributed by atoms with Gasteiger partial charge < -0.3 is 9.84 Å². The Morgan fingerprint density at radius 1 is 1.26 bits per heavy atom. The Bertz CT molecular complexity index is 1280. The molecule has 0 spiro atoms. The molecule has 2 heterocycles. The number of sulfone groups is 1. The van der Waals surface area contributed by atoms with Gasteiger partial charge in [0.25, 0.3) is 0 Å². The quantitative estimate of drug-likeness (QED) is 0.435. The first-order chi connectivity index (χ1) is 16.7. The molecule has 1 fully saturated rings. The Morgan fingerprint density at radius 3 is 2.71 bits per heavy atom. The van der Waals surface area contributed by atoms with Gasteiger partial charge in [0.2, 0.25) is 17.6 Å². The topological polar surface area (TPSA) is 105 Å². The van der Waals surface area contributed by atoms with Gasteiger partial charge in [-0.1, -0.05) is 52.3 Å². The van der Waals surface area contributed by atoms with E-state index in [0.717, 1.165) is 35.0 Å². The molecule has 8 nitrogen and oxygen atoms in total. The first-order valence-electron chi connectivity index (χ1n) is 11.6. The summed E-state index contributed by atoms with van der Waals surface area (Å²) in [6.45, 7) is 3.97. The molecule has 1 N–H and O–H groups in total. The van der Waals surface area contributed by atoms with Crippen LogP contribution in [0.4, 0.5) is 0 Å². The average molecular weight is 562 g/mol. The lowest BCUT2D eigenvalue weighted by atomic mass is 9.95. The number of amides is 1. The van der Waals surface area contributed by atoms with E-state index < -0.39 is 9.84 Å².